The Balaban J connectivity index is 1.87. The average Bonchev–Trinajstić information content (AvgIpc) is 2.60. The van der Waals surface area contributed by atoms with E-state index in [-0.39, 0.29) is 11.8 Å². The van der Waals surface area contributed by atoms with Crippen molar-refractivity contribution in [3.63, 3.8) is 0 Å². The maximum absolute atomic E-state index is 10.6. The average molecular weight is 376 g/mol. The molecule has 4 N–H and O–H groups in total. The Morgan fingerprint density at radius 3 is 2.54 bits per heavy atom. The highest BCUT2D eigenvalue weighted by molar-refractivity contribution is 6.32. The van der Waals surface area contributed by atoms with Gasteiger partial charge in [-0.2, -0.15) is 0 Å². The lowest BCUT2D eigenvalue weighted by atomic mass is 10.0. The largest absolute Gasteiger partial charge is 0.508 e. The zero-order valence-corrected chi connectivity index (χ0v) is 15.1. The second kappa shape index (κ2) is 9.38. The van der Waals surface area contributed by atoms with Crippen LogP contribution >= 0.6 is 11.6 Å². The molecule has 2 unspecified atom stereocenters. The van der Waals surface area contributed by atoms with E-state index in [2.05, 4.69) is 5.32 Å². The molecule has 0 radical (unpaired) electrons. The molecule has 0 spiro atoms. The number of hydrogen-bond acceptors (Lipinski definition) is 4. The minimum atomic E-state index is -1.02. The standard InChI is InChI=1S/C20H22ClNO4/c1-13(20(26)16-4-7-17(23)8-5-16)22-11-10-14-2-3-15(18(21)12-14)6-9-19(24)25/h2-9,12-13,20,22-23,26H,10-11H2,1H3,(H,24,25)/b9-6+. The summed E-state index contributed by atoms with van der Waals surface area (Å²) in [4.78, 5) is 10.6. The summed E-state index contributed by atoms with van der Waals surface area (Å²) in [5, 5.41) is 32.1. The topological polar surface area (TPSA) is 89.8 Å². The molecule has 0 heterocycles. The summed E-state index contributed by atoms with van der Waals surface area (Å²) < 4.78 is 0. The van der Waals surface area contributed by atoms with Crippen molar-refractivity contribution in [3.8, 4) is 5.75 Å². The third-order valence-electron chi connectivity index (χ3n) is 4.06. The number of nitrogens with one attached hydrogen (secondary N) is 1. The van der Waals surface area contributed by atoms with Gasteiger partial charge in [0.2, 0.25) is 0 Å². The number of rotatable bonds is 8. The first-order valence-corrected chi connectivity index (χ1v) is 8.64. The lowest BCUT2D eigenvalue weighted by Gasteiger charge is -2.21. The van der Waals surface area contributed by atoms with Gasteiger partial charge in [-0.05, 0) is 60.9 Å². The van der Waals surface area contributed by atoms with Crippen LogP contribution in [0, 0.1) is 0 Å². The molecule has 0 saturated heterocycles. The number of carbonyl (C=O) groups is 1. The van der Waals surface area contributed by atoms with Gasteiger partial charge in [0.25, 0.3) is 0 Å². The summed E-state index contributed by atoms with van der Waals surface area (Å²) in [5.74, 6) is -0.851. The Bertz CT molecular complexity index is 774. The van der Waals surface area contributed by atoms with E-state index < -0.39 is 12.1 Å². The monoisotopic (exact) mass is 375 g/mol. The first-order valence-electron chi connectivity index (χ1n) is 8.26. The number of hydrogen-bond donors (Lipinski definition) is 4. The fourth-order valence-electron chi connectivity index (χ4n) is 2.54. The van der Waals surface area contributed by atoms with Gasteiger partial charge in [-0.25, -0.2) is 4.79 Å². The molecule has 2 aromatic carbocycles. The molecular weight excluding hydrogens is 354 g/mol. The number of benzene rings is 2. The van der Waals surface area contributed by atoms with Crippen LogP contribution in [0.25, 0.3) is 6.08 Å². The summed E-state index contributed by atoms with van der Waals surface area (Å²) >= 11 is 6.17. The quantitative estimate of drug-likeness (QED) is 0.531. The predicted molar refractivity (Wildman–Crippen MR) is 102 cm³/mol. The zero-order chi connectivity index (χ0) is 19.1. The van der Waals surface area contributed by atoms with Crippen molar-refractivity contribution in [3.05, 3.63) is 70.3 Å². The van der Waals surface area contributed by atoms with Crippen molar-refractivity contribution in [2.24, 2.45) is 0 Å². The minimum Gasteiger partial charge on any atom is -0.508 e. The third kappa shape index (κ3) is 5.88. The Labute approximate surface area is 157 Å². The van der Waals surface area contributed by atoms with E-state index in [9.17, 15) is 15.0 Å². The van der Waals surface area contributed by atoms with Gasteiger partial charge in [0.05, 0.1) is 6.10 Å². The molecule has 26 heavy (non-hydrogen) atoms. The summed E-state index contributed by atoms with van der Waals surface area (Å²) in [7, 11) is 0. The van der Waals surface area contributed by atoms with E-state index in [4.69, 9.17) is 16.7 Å². The van der Waals surface area contributed by atoms with Gasteiger partial charge in [0.15, 0.2) is 0 Å². The normalized spacial score (nSPS) is 13.7. The van der Waals surface area contributed by atoms with E-state index in [1.165, 1.54) is 6.08 Å². The molecule has 138 valence electrons. The first-order chi connectivity index (χ1) is 12.4. The third-order valence-corrected chi connectivity index (χ3v) is 4.39. The second-order valence-corrected chi connectivity index (χ2v) is 6.46. The fourth-order valence-corrected chi connectivity index (χ4v) is 2.80. The maximum Gasteiger partial charge on any atom is 0.328 e. The fraction of sp³-hybridized carbons (Fsp3) is 0.250. The summed E-state index contributed by atoms with van der Waals surface area (Å²) in [6, 6.07) is 11.8. The predicted octanol–water partition coefficient (Wildman–Crippen LogP) is 3.40. The number of aromatic hydroxyl groups is 1. The number of aliphatic hydroxyl groups is 1. The lowest BCUT2D eigenvalue weighted by molar-refractivity contribution is -0.131. The molecule has 0 aliphatic carbocycles. The van der Waals surface area contributed by atoms with E-state index in [0.29, 0.717) is 17.1 Å². The Hall–Kier alpha value is -2.34. The van der Waals surface area contributed by atoms with Crippen molar-refractivity contribution in [1.29, 1.82) is 0 Å². The number of halogens is 1. The molecule has 0 saturated carbocycles. The van der Waals surface area contributed by atoms with Gasteiger partial charge >= 0.3 is 5.97 Å². The van der Waals surface area contributed by atoms with Crippen LogP contribution in [0.2, 0.25) is 5.02 Å². The van der Waals surface area contributed by atoms with Crippen LogP contribution in [0.15, 0.2) is 48.5 Å². The number of phenolic OH excluding ortho intramolecular Hbond substituents is 1. The van der Waals surface area contributed by atoms with Crippen molar-refractivity contribution < 1.29 is 20.1 Å². The molecule has 0 bridgehead atoms. The molecule has 5 nitrogen and oxygen atoms in total. The first kappa shape index (κ1) is 20.0. The van der Waals surface area contributed by atoms with Crippen LogP contribution in [-0.2, 0) is 11.2 Å². The van der Waals surface area contributed by atoms with E-state index in [1.807, 2.05) is 19.1 Å². The van der Waals surface area contributed by atoms with Gasteiger partial charge in [0, 0.05) is 17.1 Å². The number of carboxylic acid groups (broad SMARTS) is 1. The minimum absolute atomic E-state index is 0.159. The van der Waals surface area contributed by atoms with Crippen molar-refractivity contribution >= 4 is 23.6 Å². The lowest BCUT2D eigenvalue weighted by Crippen LogP contribution is -2.33. The summed E-state index contributed by atoms with van der Waals surface area (Å²) in [6.45, 7) is 2.54. The van der Waals surface area contributed by atoms with E-state index in [0.717, 1.165) is 23.6 Å². The maximum atomic E-state index is 10.6. The van der Waals surface area contributed by atoms with Gasteiger partial charge < -0.3 is 20.6 Å². The molecular formula is C20H22ClNO4. The van der Waals surface area contributed by atoms with Crippen LogP contribution in [-0.4, -0.2) is 33.9 Å². The van der Waals surface area contributed by atoms with Crippen molar-refractivity contribution in [2.45, 2.75) is 25.5 Å². The van der Waals surface area contributed by atoms with Crippen LogP contribution in [0.3, 0.4) is 0 Å². The number of phenols is 1. The highest BCUT2D eigenvalue weighted by atomic mass is 35.5. The van der Waals surface area contributed by atoms with Gasteiger partial charge in [-0.3, -0.25) is 0 Å². The Morgan fingerprint density at radius 2 is 1.92 bits per heavy atom. The number of carboxylic acids is 1. The van der Waals surface area contributed by atoms with E-state index >= 15 is 0 Å². The molecule has 0 aliphatic rings. The van der Waals surface area contributed by atoms with Gasteiger partial charge in [0.1, 0.15) is 5.75 Å². The van der Waals surface area contributed by atoms with Crippen molar-refractivity contribution in [2.75, 3.05) is 6.54 Å². The molecule has 0 aromatic heterocycles. The molecule has 2 rings (SSSR count). The summed E-state index contributed by atoms with van der Waals surface area (Å²) in [6.07, 6.45) is 2.55. The molecule has 6 heteroatoms. The second-order valence-electron chi connectivity index (χ2n) is 6.06. The van der Waals surface area contributed by atoms with Crippen molar-refractivity contribution in [1.82, 2.24) is 5.32 Å². The van der Waals surface area contributed by atoms with Crippen LogP contribution in [0.1, 0.15) is 29.7 Å². The summed E-state index contributed by atoms with van der Waals surface area (Å²) in [5.41, 5.74) is 2.41. The molecule has 0 amide bonds. The highest BCUT2D eigenvalue weighted by Gasteiger charge is 2.15. The Kier molecular flexibility index (Phi) is 7.21. The number of aliphatic carboxylic acids is 1. The van der Waals surface area contributed by atoms with Gasteiger partial charge in [-0.15, -0.1) is 0 Å². The molecule has 2 aromatic rings. The molecule has 0 fully saturated rings. The van der Waals surface area contributed by atoms with Crippen LogP contribution in [0.4, 0.5) is 0 Å². The van der Waals surface area contributed by atoms with Crippen LogP contribution in [0.5, 0.6) is 5.75 Å². The number of aliphatic hydroxyl groups excluding tert-OH is 1. The molecule has 0 aliphatic heterocycles. The molecule has 2 atom stereocenters. The smallest absolute Gasteiger partial charge is 0.328 e. The highest BCUT2D eigenvalue weighted by Crippen LogP contribution is 2.21. The Morgan fingerprint density at radius 1 is 1.23 bits per heavy atom. The SMILES string of the molecule is CC(NCCc1ccc(/C=C/C(=O)O)c(Cl)c1)C(O)c1ccc(O)cc1. The van der Waals surface area contributed by atoms with E-state index in [1.54, 1.807) is 30.3 Å². The van der Waals surface area contributed by atoms with Crippen LogP contribution < -0.4 is 5.32 Å². The van der Waals surface area contributed by atoms with Gasteiger partial charge in [-0.1, -0.05) is 35.9 Å². The zero-order valence-electron chi connectivity index (χ0n) is 14.4.